The Hall–Kier alpha value is -3.66. The predicted molar refractivity (Wildman–Crippen MR) is 166 cm³/mol. The number of nitrogens with zero attached hydrogens (tertiary/aromatic N) is 4. The standard InChI is InChI=1S/C30H32N6.2C2H6/c1-35-17-3-5-27(35)29-31-19-25(33-29)23-13-9-21(10-14-23)7-8-22-11-15-24(16-12-22)26-20-32-30(34-26)28-6-4-18-36(28)2;2*1-2/h9-16,19-20,27-28H,3-6,17-18H2,1-2H3,(H,31,33)(H,32,34);2*1-2H3. The first kappa shape index (κ1) is 29.3. The van der Waals surface area contributed by atoms with Crippen molar-refractivity contribution in [2.24, 2.45) is 0 Å². The van der Waals surface area contributed by atoms with Crippen LogP contribution in [0.25, 0.3) is 22.5 Å². The van der Waals surface area contributed by atoms with Gasteiger partial charge in [0, 0.05) is 11.1 Å². The van der Waals surface area contributed by atoms with E-state index in [1.165, 1.54) is 25.7 Å². The van der Waals surface area contributed by atoms with E-state index in [9.17, 15) is 0 Å². The van der Waals surface area contributed by atoms with Crippen LogP contribution in [0.4, 0.5) is 0 Å². The Morgan fingerprint density at radius 3 is 1.32 bits per heavy atom. The Labute approximate surface area is 240 Å². The number of imidazole rings is 2. The molecular formula is C34H44N6. The number of hydrogen-bond donors (Lipinski definition) is 2. The van der Waals surface area contributed by atoms with Crippen LogP contribution < -0.4 is 0 Å². The molecule has 2 aliphatic heterocycles. The molecule has 4 aromatic rings. The first-order valence-electron chi connectivity index (χ1n) is 14.9. The van der Waals surface area contributed by atoms with Crippen molar-refractivity contribution in [3.8, 4) is 34.4 Å². The lowest BCUT2D eigenvalue weighted by molar-refractivity contribution is 0.307. The van der Waals surface area contributed by atoms with E-state index >= 15 is 0 Å². The predicted octanol–water partition coefficient (Wildman–Crippen LogP) is 7.45. The van der Waals surface area contributed by atoms with Gasteiger partial charge < -0.3 is 9.97 Å². The van der Waals surface area contributed by atoms with E-state index in [1.54, 1.807) is 0 Å². The minimum atomic E-state index is 0.402. The van der Waals surface area contributed by atoms with E-state index in [4.69, 9.17) is 0 Å². The van der Waals surface area contributed by atoms with Gasteiger partial charge in [-0.25, -0.2) is 9.97 Å². The molecule has 0 aliphatic carbocycles. The smallest absolute Gasteiger partial charge is 0.123 e. The van der Waals surface area contributed by atoms with Gasteiger partial charge in [-0.2, -0.15) is 0 Å². The molecule has 0 radical (unpaired) electrons. The molecule has 2 N–H and O–H groups in total. The van der Waals surface area contributed by atoms with Crippen LogP contribution in [0, 0.1) is 11.8 Å². The molecule has 2 atom stereocenters. The highest BCUT2D eigenvalue weighted by Gasteiger charge is 2.26. The van der Waals surface area contributed by atoms with Crippen molar-refractivity contribution in [1.82, 2.24) is 29.7 Å². The van der Waals surface area contributed by atoms with Crippen LogP contribution in [0.1, 0.15) is 88.2 Å². The summed E-state index contributed by atoms with van der Waals surface area (Å²) in [6.07, 6.45) is 8.68. The van der Waals surface area contributed by atoms with Crippen LogP contribution in [0.3, 0.4) is 0 Å². The summed E-state index contributed by atoms with van der Waals surface area (Å²) < 4.78 is 0. The monoisotopic (exact) mass is 536 g/mol. The van der Waals surface area contributed by atoms with E-state index in [-0.39, 0.29) is 0 Å². The largest absolute Gasteiger partial charge is 0.341 e. The molecule has 40 heavy (non-hydrogen) atoms. The van der Waals surface area contributed by atoms with Gasteiger partial charge in [0.1, 0.15) is 11.6 Å². The molecule has 2 aromatic heterocycles. The quantitative estimate of drug-likeness (QED) is 0.266. The van der Waals surface area contributed by atoms with Crippen molar-refractivity contribution in [2.75, 3.05) is 27.2 Å². The van der Waals surface area contributed by atoms with Gasteiger partial charge in [0.2, 0.25) is 0 Å². The molecule has 6 nitrogen and oxygen atoms in total. The maximum absolute atomic E-state index is 4.64. The molecule has 2 aliphatic rings. The Kier molecular flexibility index (Phi) is 10.3. The van der Waals surface area contributed by atoms with Crippen molar-refractivity contribution in [2.45, 2.75) is 65.5 Å². The summed E-state index contributed by atoms with van der Waals surface area (Å²) in [4.78, 5) is 21.1. The Bertz CT molecular complexity index is 1280. The lowest BCUT2D eigenvalue weighted by Gasteiger charge is -2.16. The van der Waals surface area contributed by atoms with Crippen molar-refractivity contribution in [3.63, 3.8) is 0 Å². The number of benzene rings is 2. The Balaban J connectivity index is 0.000000886. The number of likely N-dealkylation sites (tertiary alicyclic amines) is 2. The van der Waals surface area contributed by atoms with Crippen LogP contribution in [0.5, 0.6) is 0 Å². The zero-order valence-corrected chi connectivity index (χ0v) is 25.0. The third-order valence-corrected chi connectivity index (χ3v) is 7.61. The molecule has 0 amide bonds. The second kappa shape index (κ2) is 14.1. The van der Waals surface area contributed by atoms with Gasteiger partial charge in [-0.05, 0) is 88.3 Å². The lowest BCUT2D eigenvalue weighted by atomic mass is 10.1. The summed E-state index contributed by atoms with van der Waals surface area (Å²) in [5.74, 6) is 8.71. The average molecular weight is 537 g/mol. The highest BCUT2D eigenvalue weighted by molar-refractivity contribution is 5.62. The minimum absolute atomic E-state index is 0.402. The highest BCUT2D eigenvalue weighted by atomic mass is 15.2. The molecule has 6 heteroatoms. The molecular weight excluding hydrogens is 492 g/mol. The Morgan fingerprint density at radius 1 is 0.625 bits per heavy atom. The fourth-order valence-electron chi connectivity index (χ4n) is 5.43. The SMILES string of the molecule is CC.CC.CN1CCCC1c1ncc(-c2ccc(C#Cc3ccc(-c4cnc(C5CCCN5C)[nH]4)cc3)cc2)[nH]1. The van der Waals surface area contributed by atoms with Crippen molar-refractivity contribution < 1.29 is 0 Å². The first-order chi connectivity index (χ1) is 19.6. The fourth-order valence-corrected chi connectivity index (χ4v) is 5.43. The molecule has 0 spiro atoms. The summed E-state index contributed by atoms with van der Waals surface area (Å²) in [7, 11) is 4.34. The summed E-state index contributed by atoms with van der Waals surface area (Å²) in [6.45, 7) is 10.3. The molecule has 6 rings (SSSR count). The second-order valence-corrected chi connectivity index (χ2v) is 10.0. The van der Waals surface area contributed by atoms with Crippen molar-refractivity contribution in [1.29, 1.82) is 0 Å². The molecule has 2 saturated heterocycles. The number of aromatic nitrogens is 4. The molecule has 2 fully saturated rings. The Morgan fingerprint density at radius 2 is 1.00 bits per heavy atom. The van der Waals surface area contributed by atoms with E-state index in [0.29, 0.717) is 12.1 Å². The molecule has 0 bridgehead atoms. The average Bonchev–Trinajstić information content (AvgIpc) is 3.82. The van der Waals surface area contributed by atoms with E-state index in [1.807, 2.05) is 40.1 Å². The van der Waals surface area contributed by atoms with E-state index in [2.05, 4.69) is 104 Å². The third-order valence-electron chi connectivity index (χ3n) is 7.61. The normalized spacial score (nSPS) is 18.8. The zero-order chi connectivity index (χ0) is 28.5. The minimum Gasteiger partial charge on any atom is -0.341 e. The molecule has 0 saturated carbocycles. The van der Waals surface area contributed by atoms with Crippen LogP contribution in [0.2, 0.25) is 0 Å². The fraction of sp³-hybridized carbons (Fsp3) is 0.412. The second-order valence-electron chi connectivity index (χ2n) is 10.0. The lowest BCUT2D eigenvalue weighted by Crippen LogP contribution is -2.18. The zero-order valence-electron chi connectivity index (χ0n) is 25.0. The number of nitrogens with one attached hydrogen (secondary N) is 2. The van der Waals surface area contributed by atoms with Crippen LogP contribution in [-0.4, -0.2) is 56.9 Å². The molecule has 2 aromatic carbocycles. The summed E-state index contributed by atoms with van der Waals surface area (Å²) >= 11 is 0. The molecule has 4 heterocycles. The highest BCUT2D eigenvalue weighted by Crippen LogP contribution is 2.31. The van der Waals surface area contributed by atoms with Crippen molar-refractivity contribution >= 4 is 0 Å². The van der Waals surface area contributed by atoms with E-state index in [0.717, 1.165) is 58.4 Å². The van der Waals surface area contributed by atoms with Crippen LogP contribution in [-0.2, 0) is 0 Å². The van der Waals surface area contributed by atoms with Gasteiger partial charge in [-0.15, -0.1) is 0 Å². The molecule has 2 unspecified atom stereocenters. The van der Waals surface area contributed by atoms with E-state index < -0.39 is 0 Å². The maximum Gasteiger partial charge on any atom is 0.123 e. The van der Waals surface area contributed by atoms with Gasteiger partial charge in [0.25, 0.3) is 0 Å². The number of hydrogen-bond acceptors (Lipinski definition) is 4. The summed E-state index contributed by atoms with van der Waals surface area (Å²) in [5, 5.41) is 0. The molecule has 210 valence electrons. The summed E-state index contributed by atoms with van der Waals surface area (Å²) in [5.41, 5.74) is 6.37. The number of aromatic amines is 2. The maximum atomic E-state index is 4.64. The first-order valence-corrected chi connectivity index (χ1v) is 14.9. The van der Waals surface area contributed by atoms with Crippen LogP contribution in [0.15, 0.2) is 60.9 Å². The van der Waals surface area contributed by atoms with Gasteiger partial charge >= 0.3 is 0 Å². The van der Waals surface area contributed by atoms with Crippen molar-refractivity contribution in [3.05, 3.63) is 83.7 Å². The van der Waals surface area contributed by atoms with Gasteiger partial charge in [-0.1, -0.05) is 63.8 Å². The van der Waals surface area contributed by atoms with Gasteiger partial charge in [0.05, 0.1) is 35.9 Å². The van der Waals surface area contributed by atoms with Crippen LogP contribution >= 0.6 is 0 Å². The topological polar surface area (TPSA) is 63.8 Å². The number of H-pyrrole nitrogens is 2. The summed E-state index contributed by atoms with van der Waals surface area (Å²) in [6, 6.07) is 17.5. The number of rotatable bonds is 4. The van der Waals surface area contributed by atoms with Gasteiger partial charge in [0.15, 0.2) is 0 Å². The third kappa shape index (κ3) is 6.72. The van der Waals surface area contributed by atoms with Gasteiger partial charge in [-0.3, -0.25) is 9.80 Å².